The number of hydrogen-bond donors (Lipinski definition) is 0. The molecule has 1 saturated heterocycles. The number of piperazine rings is 1. The van der Waals surface area contributed by atoms with E-state index in [2.05, 4.69) is 0 Å². The first-order valence-electron chi connectivity index (χ1n) is 10.6. The zero-order valence-corrected chi connectivity index (χ0v) is 18.9. The molecule has 0 spiro atoms. The van der Waals surface area contributed by atoms with Gasteiger partial charge in [0.15, 0.2) is 0 Å². The van der Waals surface area contributed by atoms with E-state index in [1.807, 2.05) is 38.1 Å². The monoisotopic (exact) mass is 446 g/mol. The van der Waals surface area contributed by atoms with E-state index >= 15 is 0 Å². The maximum absolute atomic E-state index is 12.9. The van der Waals surface area contributed by atoms with Crippen LogP contribution in [0.25, 0.3) is 0 Å². The van der Waals surface area contributed by atoms with Crippen LogP contribution < -0.4 is 9.47 Å². The highest BCUT2D eigenvalue weighted by molar-refractivity contribution is 7.89. The summed E-state index contributed by atoms with van der Waals surface area (Å²) in [4.78, 5) is 14.5. The second-order valence-electron chi connectivity index (χ2n) is 7.46. The lowest BCUT2D eigenvalue weighted by molar-refractivity contribution is -0.132. The highest BCUT2D eigenvalue weighted by Crippen LogP contribution is 2.21. The first-order chi connectivity index (χ1) is 14.9. The third-order valence-corrected chi connectivity index (χ3v) is 7.07. The Morgan fingerprint density at radius 3 is 2.32 bits per heavy atom. The van der Waals surface area contributed by atoms with Crippen LogP contribution in [0.1, 0.15) is 25.3 Å². The van der Waals surface area contributed by atoms with Crippen LogP contribution in [0.3, 0.4) is 0 Å². The minimum Gasteiger partial charge on any atom is -0.494 e. The molecule has 0 aromatic heterocycles. The highest BCUT2D eigenvalue weighted by atomic mass is 32.2. The molecule has 0 unspecified atom stereocenters. The molecule has 2 aromatic carbocycles. The Hall–Kier alpha value is -2.58. The van der Waals surface area contributed by atoms with Gasteiger partial charge in [-0.05, 0) is 62.2 Å². The van der Waals surface area contributed by atoms with Crippen molar-refractivity contribution in [1.82, 2.24) is 9.21 Å². The van der Waals surface area contributed by atoms with Crippen LogP contribution >= 0.6 is 0 Å². The molecule has 1 heterocycles. The molecule has 1 fully saturated rings. The smallest absolute Gasteiger partial charge is 0.243 e. The molecule has 0 radical (unpaired) electrons. The third-order valence-electron chi connectivity index (χ3n) is 5.16. The van der Waals surface area contributed by atoms with Crippen LogP contribution in [-0.4, -0.2) is 62.9 Å². The van der Waals surface area contributed by atoms with Crippen molar-refractivity contribution in [2.24, 2.45) is 0 Å². The molecule has 0 bridgehead atoms. The van der Waals surface area contributed by atoms with Crippen molar-refractivity contribution < 1.29 is 22.7 Å². The van der Waals surface area contributed by atoms with Gasteiger partial charge in [0.25, 0.3) is 0 Å². The first-order valence-corrected chi connectivity index (χ1v) is 12.0. The molecular weight excluding hydrogens is 416 g/mol. The predicted octanol–water partition coefficient (Wildman–Crippen LogP) is 3.09. The summed E-state index contributed by atoms with van der Waals surface area (Å²) in [6.45, 7) is 6.26. The van der Waals surface area contributed by atoms with E-state index in [4.69, 9.17) is 9.47 Å². The minimum atomic E-state index is -3.58. The van der Waals surface area contributed by atoms with E-state index in [1.165, 1.54) is 4.31 Å². The lowest BCUT2D eigenvalue weighted by atomic mass is 10.2. The number of carbonyl (C=O) groups is 1. The number of rotatable bonds is 9. The lowest BCUT2D eigenvalue weighted by Crippen LogP contribution is -2.50. The molecule has 168 valence electrons. The standard InChI is InChI=1S/C23H30N2O5S/c1-3-29-20-9-11-22(12-10-20)31(27,28)25-15-13-24(14-16-25)23(26)8-5-17-30-21-7-4-6-19(2)18-21/h4,6-7,9-12,18H,3,5,8,13-17H2,1-2H3. The predicted molar refractivity (Wildman–Crippen MR) is 119 cm³/mol. The van der Waals surface area contributed by atoms with E-state index in [0.717, 1.165) is 11.3 Å². The molecule has 31 heavy (non-hydrogen) atoms. The molecule has 3 rings (SSSR count). The van der Waals surface area contributed by atoms with Crippen LogP contribution in [0, 0.1) is 6.92 Å². The fourth-order valence-electron chi connectivity index (χ4n) is 3.48. The summed E-state index contributed by atoms with van der Waals surface area (Å²) >= 11 is 0. The maximum Gasteiger partial charge on any atom is 0.243 e. The third kappa shape index (κ3) is 6.21. The average molecular weight is 447 g/mol. The van der Waals surface area contributed by atoms with Gasteiger partial charge in [0.05, 0.1) is 18.1 Å². The second-order valence-corrected chi connectivity index (χ2v) is 9.40. The molecule has 2 aromatic rings. The fourth-order valence-corrected chi connectivity index (χ4v) is 4.90. The molecule has 1 aliphatic rings. The molecule has 7 nitrogen and oxygen atoms in total. The molecule has 1 amide bonds. The van der Waals surface area contributed by atoms with E-state index < -0.39 is 10.0 Å². The average Bonchev–Trinajstić information content (AvgIpc) is 2.77. The van der Waals surface area contributed by atoms with Gasteiger partial charge in [-0.3, -0.25) is 4.79 Å². The molecule has 1 aliphatic heterocycles. The van der Waals surface area contributed by atoms with Crippen LogP contribution in [0.5, 0.6) is 11.5 Å². The van der Waals surface area contributed by atoms with Crippen molar-refractivity contribution in [2.45, 2.75) is 31.6 Å². The number of aryl methyl sites for hydroxylation is 1. The van der Waals surface area contributed by atoms with Gasteiger partial charge in [-0.25, -0.2) is 8.42 Å². The van der Waals surface area contributed by atoms with Gasteiger partial charge in [0, 0.05) is 32.6 Å². The fraction of sp³-hybridized carbons (Fsp3) is 0.435. The lowest BCUT2D eigenvalue weighted by Gasteiger charge is -2.34. The molecule has 0 N–H and O–H groups in total. The summed E-state index contributed by atoms with van der Waals surface area (Å²) in [5, 5.41) is 0. The largest absolute Gasteiger partial charge is 0.494 e. The topological polar surface area (TPSA) is 76.2 Å². The summed E-state index contributed by atoms with van der Waals surface area (Å²) in [6.07, 6.45) is 1.01. The Balaban J connectivity index is 1.44. The summed E-state index contributed by atoms with van der Waals surface area (Å²) in [7, 11) is -3.58. The van der Waals surface area contributed by atoms with Gasteiger partial charge >= 0.3 is 0 Å². The van der Waals surface area contributed by atoms with E-state index in [-0.39, 0.29) is 10.8 Å². The number of hydrogen-bond acceptors (Lipinski definition) is 5. The van der Waals surface area contributed by atoms with E-state index in [1.54, 1.807) is 29.2 Å². The molecule has 0 saturated carbocycles. The van der Waals surface area contributed by atoms with Gasteiger partial charge < -0.3 is 14.4 Å². The van der Waals surface area contributed by atoms with E-state index in [9.17, 15) is 13.2 Å². The number of nitrogens with zero attached hydrogens (tertiary/aromatic N) is 2. The Morgan fingerprint density at radius 2 is 1.68 bits per heavy atom. The molecular formula is C23H30N2O5S. The van der Waals surface area contributed by atoms with Crippen molar-refractivity contribution in [2.75, 3.05) is 39.4 Å². The Morgan fingerprint density at radius 1 is 0.968 bits per heavy atom. The summed E-state index contributed by atoms with van der Waals surface area (Å²) in [5.41, 5.74) is 1.13. The second kappa shape index (κ2) is 10.6. The minimum absolute atomic E-state index is 0.0333. The summed E-state index contributed by atoms with van der Waals surface area (Å²) in [5.74, 6) is 1.48. The summed E-state index contributed by atoms with van der Waals surface area (Å²) in [6, 6.07) is 14.3. The Bertz CT molecular complexity index is 968. The Kier molecular flexibility index (Phi) is 7.92. The van der Waals surface area contributed by atoms with Crippen molar-refractivity contribution in [3.63, 3.8) is 0 Å². The number of benzene rings is 2. The number of ether oxygens (including phenoxy) is 2. The zero-order chi connectivity index (χ0) is 22.3. The zero-order valence-electron chi connectivity index (χ0n) is 18.1. The van der Waals surface area contributed by atoms with Gasteiger partial charge in [0.1, 0.15) is 11.5 Å². The van der Waals surface area contributed by atoms with Gasteiger partial charge in [-0.15, -0.1) is 0 Å². The van der Waals surface area contributed by atoms with Crippen molar-refractivity contribution in [3.05, 3.63) is 54.1 Å². The van der Waals surface area contributed by atoms with Crippen LogP contribution in [-0.2, 0) is 14.8 Å². The highest BCUT2D eigenvalue weighted by Gasteiger charge is 2.29. The van der Waals surface area contributed by atoms with Gasteiger partial charge in [0.2, 0.25) is 15.9 Å². The Labute approximate surface area is 184 Å². The maximum atomic E-state index is 12.9. The molecule has 0 atom stereocenters. The van der Waals surface area contributed by atoms with E-state index in [0.29, 0.717) is 58.0 Å². The number of amides is 1. The number of carbonyl (C=O) groups excluding carboxylic acids is 1. The van der Waals surface area contributed by atoms with Crippen molar-refractivity contribution in [1.29, 1.82) is 0 Å². The van der Waals surface area contributed by atoms with Crippen LogP contribution in [0.15, 0.2) is 53.4 Å². The van der Waals surface area contributed by atoms with Crippen LogP contribution in [0.4, 0.5) is 0 Å². The van der Waals surface area contributed by atoms with Crippen molar-refractivity contribution >= 4 is 15.9 Å². The summed E-state index contributed by atoms with van der Waals surface area (Å²) < 4.78 is 38.2. The quantitative estimate of drug-likeness (QED) is 0.554. The van der Waals surface area contributed by atoms with Crippen LogP contribution in [0.2, 0.25) is 0 Å². The first kappa shape index (κ1) is 23.1. The number of sulfonamides is 1. The normalized spacial score (nSPS) is 15.0. The molecule has 0 aliphatic carbocycles. The molecule has 8 heteroatoms. The van der Waals surface area contributed by atoms with Gasteiger partial charge in [-0.2, -0.15) is 4.31 Å². The SMILES string of the molecule is CCOc1ccc(S(=O)(=O)N2CCN(C(=O)CCCOc3cccc(C)c3)CC2)cc1. The van der Waals surface area contributed by atoms with Gasteiger partial charge in [-0.1, -0.05) is 12.1 Å². The van der Waals surface area contributed by atoms with Crippen molar-refractivity contribution in [3.8, 4) is 11.5 Å².